The molecule has 11 heteroatoms. The number of para-hydroxylation sites is 1. The lowest BCUT2D eigenvalue weighted by Crippen LogP contribution is -2.49. The number of ether oxygens (including phenoxy) is 2. The molecular formula is C15H15N5O5S. The summed E-state index contributed by atoms with van der Waals surface area (Å²) in [5, 5.41) is 11.4. The molecule has 3 rings (SSSR count). The van der Waals surface area contributed by atoms with Gasteiger partial charge in [-0.15, -0.1) is 4.40 Å². The van der Waals surface area contributed by atoms with Crippen LogP contribution in [0.4, 0.5) is 5.69 Å². The molecule has 0 fully saturated rings. The number of guanidine groups is 1. The van der Waals surface area contributed by atoms with Gasteiger partial charge in [0.2, 0.25) is 5.84 Å². The monoisotopic (exact) mass is 377 g/mol. The van der Waals surface area contributed by atoms with Gasteiger partial charge in [0.15, 0.2) is 0 Å². The molecule has 0 radical (unpaired) electrons. The van der Waals surface area contributed by atoms with E-state index in [0.29, 0.717) is 5.69 Å². The Balaban J connectivity index is 1.95. The second kappa shape index (κ2) is 7.11. The van der Waals surface area contributed by atoms with Crippen LogP contribution in [0.5, 0.6) is 0 Å². The molecule has 0 aliphatic carbocycles. The minimum atomic E-state index is -3.91. The Morgan fingerprint density at radius 2 is 2.08 bits per heavy atom. The minimum absolute atomic E-state index is 0.0143. The van der Waals surface area contributed by atoms with E-state index in [1.165, 1.54) is 23.2 Å². The van der Waals surface area contributed by atoms with E-state index in [-0.39, 0.29) is 42.9 Å². The van der Waals surface area contributed by atoms with Crippen LogP contribution in [0.1, 0.15) is 6.42 Å². The summed E-state index contributed by atoms with van der Waals surface area (Å²) in [6, 6.07) is 8.26. The number of nitriles is 1. The molecule has 10 nitrogen and oxygen atoms in total. The summed E-state index contributed by atoms with van der Waals surface area (Å²) in [7, 11) is -2.71. The highest BCUT2D eigenvalue weighted by Gasteiger charge is 2.42. The highest BCUT2D eigenvalue weighted by Crippen LogP contribution is 2.35. The van der Waals surface area contributed by atoms with Gasteiger partial charge in [0.05, 0.1) is 45.0 Å². The summed E-state index contributed by atoms with van der Waals surface area (Å²) in [5.41, 5.74) is 0.331. The van der Waals surface area contributed by atoms with Gasteiger partial charge >= 0.3 is 5.97 Å². The summed E-state index contributed by atoms with van der Waals surface area (Å²) in [5.74, 6) is -0.961. The van der Waals surface area contributed by atoms with Gasteiger partial charge in [-0.1, -0.05) is 12.1 Å². The summed E-state index contributed by atoms with van der Waals surface area (Å²) in [6.45, 7) is 0.629. The number of amidine groups is 1. The number of benzene rings is 1. The first kappa shape index (κ1) is 17.8. The maximum Gasteiger partial charge on any atom is 0.375 e. The van der Waals surface area contributed by atoms with E-state index in [4.69, 9.17) is 14.7 Å². The van der Waals surface area contributed by atoms with Crippen molar-refractivity contribution in [1.82, 2.24) is 5.01 Å². The lowest BCUT2D eigenvalue weighted by atomic mass is 10.3. The second-order valence-electron chi connectivity index (χ2n) is 5.22. The van der Waals surface area contributed by atoms with Crippen LogP contribution >= 0.6 is 0 Å². The smallest absolute Gasteiger partial charge is 0.375 e. The van der Waals surface area contributed by atoms with Crippen molar-refractivity contribution in [2.24, 2.45) is 9.39 Å². The quantitative estimate of drug-likeness (QED) is 0.511. The molecule has 2 heterocycles. The predicted octanol–water partition coefficient (Wildman–Crippen LogP) is 0.284. The standard InChI is InChI=1S/C15H15N5O5S/c1-24-14(21)13-17-15-18-26(22,23)12-6-3-2-5-11(12)20(15)19(13)8-10-25-9-4-7-16/h2-3,5-6H,4,8-10H2,1H3. The van der Waals surface area contributed by atoms with Crippen LogP contribution in [0.2, 0.25) is 0 Å². The number of anilines is 1. The summed E-state index contributed by atoms with van der Waals surface area (Å²) in [4.78, 5) is 16.1. The van der Waals surface area contributed by atoms with Crippen molar-refractivity contribution < 1.29 is 22.7 Å². The third-order valence-electron chi connectivity index (χ3n) is 3.63. The van der Waals surface area contributed by atoms with Crippen molar-refractivity contribution in [3.05, 3.63) is 24.3 Å². The fourth-order valence-corrected chi connectivity index (χ4v) is 3.63. The zero-order valence-electron chi connectivity index (χ0n) is 13.8. The van der Waals surface area contributed by atoms with Crippen molar-refractivity contribution in [2.75, 3.05) is 31.9 Å². The maximum absolute atomic E-state index is 12.3. The molecule has 0 bridgehead atoms. The van der Waals surface area contributed by atoms with Crippen LogP contribution in [0, 0.1) is 11.3 Å². The van der Waals surface area contributed by atoms with E-state index in [2.05, 4.69) is 9.39 Å². The number of rotatable bonds is 6. The SMILES string of the molecule is COC(=O)C1=NC2=NS(=O)(=O)c3ccccc3N2N1CCOCCC#N. The van der Waals surface area contributed by atoms with Crippen molar-refractivity contribution >= 4 is 33.5 Å². The maximum atomic E-state index is 12.3. The first-order chi connectivity index (χ1) is 12.5. The molecule has 0 spiro atoms. The third-order valence-corrected chi connectivity index (χ3v) is 4.93. The summed E-state index contributed by atoms with van der Waals surface area (Å²) < 4.78 is 38.4. The molecule has 0 N–H and O–H groups in total. The average Bonchev–Trinajstić information content (AvgIpc) is 2.98. The van der Waals surface area contributed by atoms with Gasteiger partial charge in [0.1, 0.15) is 4.90 Å². The number of carbonyl (C=O) groups is 1. The Hall–Kier alpha value is -2.97. The van der Waals surface area contributed by atoms with Crippen LogP contribution in [0.3, 0.4) is 0 Å². The van der Waals surface area contributed by atoms with Gasteiger partial charge < -0.3 is 9.47 Å². The molecule has 0 aromatic heterocycles. The highest BCUT2D eigenvalue weighted by molar-refractivity contribution is 7.90. The lowest BCUT2D eigenvalue weighted by Gasteiger charge is -2.33. The van der Waals surface area contributed by atoms with Gasteiger partial charge in [-0.3, -0.25) is 5.01 Å². The summed E-state index contributed by atoms with van der Waals surface area (Å²) in [6.07, 6.45) is 0.245. The molecule has 0 saturated heterocycles. The number of sulfonamides is 1. The number of methoxy groups -OCH3 is 1. The topological polar surface area (TPSA) is 125 Å². The van der Waals surface area contributed by atoms with E-state index in [1.807, 2.05) is 6.07 Å². The van der Waals surface area contributed by atoms with Crippen molar-refractivity contribution in [3.8, 4) is 6.07 Å². The fourth-order valence-electron chi connectivity index (χ4n) is 2.53. The molecule has 2 aliphatic rings. The Morgan fingerprint density at radius 3 is 2.81 bits per heavy atom. The van der Waals surface area contributed by atoms with E-state index in [9.17, 15) is 13.2 Å². The van der Waals surface area contributed by atoms with Crippen molar-refractivity contribution in [2.45, 2.75) is 11.3 Å². The molecule has 0 saturated carbocycles. The molecule has 26 heavy (non-hydrogen) atoms. The zero-order valence-corrected chi connectivity index (χ0v) is 14.6. The average molecular weight is 377 g/mol. The van der Waals surface area contributed by atoms with Crippen LogP contribution in [0.15, 0.2) is 38.6 Å². The minimum Gasteiger partial charge on any atom is -0.463 e. The number of aliphatic imine (C=N–C) groups is 1. The molecule has 136 valence electrons. The Labute approximate surface area is 150 Å². The largest absolute Gasteiger partial charge is 0.463 e. The van der Waals surface area contributed by atoms with E-state index in [1.54, 1.807) is 18.2 Å². The zero-order chi connectivity index (χ0) is 18.7. The van der Waals surface area contributed by atoms with E-state index < -0.39 is 16.0 Å². The Bertz CT molecular complexity index is 934. The number of hydrogen-bond acceptors (Lipinski definition) is 9. The van der Waals surface area contributed by atoms with E-state index in [0.717, 1.165) is 0 Å². The molecule has 0 unspecified atom stereocenters. The highest BCUT2D eigenvalue weighted by atomic mass is 32.2. The van der Waals surface area contributed by atoms with Gasteiger partial charge in [-0.25, -0.2) is 9.80 Å². The van der Waals surface area contributed by atoms with Crippen LogP contribution in [-0.2, 0) is 24.3 Å². The van der Waals surface area contributed by atoms with Gasteiger partial charge in [0.25, 0.3) is 16.0 Å². The van der Waals surface area contributed by atoms with Crippen LogP contribution in [-0.4, -0.2) is 58.1 Å². The molecule has 0 atom stereocenters. The lowest BCUT2D eigenvalue weighted by molar-refractivity contribution is -0.133. The first-order valence-corrected chi connectivity index (χ1v) is 9.07. The number of carbonyl (C=O) groups excluding carboxylic acids is 1. The number of esters is 1. The Kier molecular flexibility index (Phi) is 4.88. The molecule has 2 aliphatic heterocycles. The number of fused-ring (bicyclic) bond motifs is 3. The van der Waals surface area contributed by atoms with Gasteiger partial charge in [-0.05, 0) is 12.1 Å². The first-order valence-electron chi connectivity index (χ1n) is 7.63. The van der Waals surface area contributed by atoms with Crippen LogP contribution < -0.4 is 5.01 Å². The fraction of sp³-hybridized carbons (Fsp3) is 0.333. The predicted molar refractivity (Wildman–Crippen MR) is 90.7 cm³/mol. The number of nitrogens with zero attached hydrogens (tertiary/aromatic N) is 5. The van der Waals surface area contributed by atoms with Crippen molar-refractivity contribution in [1.29, 1.82) is 5.26 Å². The van der Waals surface area contributed by atoms with E-state index >= 15 is 0 Å². The van der Waals surface area contributed by atoms with Crippen molar-refractivity contribution in [3.63, 3.8) is 0 Å². The summed E-state index contributed by atoms with van der Waals surface area (Å²) >= 11 is 0. The molecular weight excluding hydrogens is 362 g/mol. The number of hydrogen-bond donors (Lipinski definition) is 0. The van der Waals surface area contributed by atoms with Gasteiger partial charge in [0, 0.05) is 0 Å². The second-order valence-corrected chi connectivity index (χ2v) is 6.79. The molecule has 1 aromatic rings. The third kappa shape index (κ3) is 3.12. The molecule has 1 aromatic carbocycles. The van der Waals surface area contributed by atoms with Crippen LogP contribution in [0.25, 0.3) is 0 Å². The number of hydrazine groups is 1. The normalized spacial score (nSPS) is 16.9. The molecule has 0 amide bonds. The Morgan fingerprint density at radius 1 is 1.31 bits per heavy atom. The van der Waals surface area contributed by atoms with Gasteiger partial charge in [-0.2, -0.15) is 18.7 Å².